The molecule has 2 heterocycles. The van der Waals surface area contributed by atoms with E-state index < -0.39 is 0 Å². The van der Waals surface area contributed by atoms with Crippen molar-refractivity contribution < 1.29 is 8.83 Å². The van der Waals surface area contributed by atoms with Crippen molar-refractivity contribution in [2.24, 2.45) is 0 Å². The van der Waals surface area contributed by atoms with Gasteiger partial charge >= 0.3 is 0 Å². The summed E-state index contributed by atoms with van der Waals surface area (Å²) in [6.45, 7) is 0. The Morgan fingerprint density at radius 2 is 0.898 bits per heavy atom. The van der Waals surface area contributed by atoms with Gasteiger partial charge in [0, 0.05) is 44.0 Å². The van der Waals surface area contributed by atoms with Crippen LogP contribution in [0.4, 0.5) is 17.1 Å². The van der Waals surface area contributed by atoms with E-state index in [2.05, 4.69) is 205 Å². The molecule has 0 saturated carbocycles. The molecule has 0 fully saturated rings. The second-order valence-electron chi connectivity index (χ2n) is 15.3. The molecule has 0 aliphatic carbocycles. The first-order valence-corrected chi connectivity index (χ1v) is 20.1. The molecule has 0 spiro atoms. The Morgan fingerprint density at radius 3 is 1.73 bits per heavy atom. The lowest BCUT2D eigenvalue weighted by Crippen LogP contribution is -2.10. The van der Waals surface area contributed by atoms with Gasteiger partial charge in [-0.25, -0.2) is 0 Å². The third-order valence-electron chi connectivity index (χ3n) is 11.9. The van der Waals surface area contributed by atoms with Crippen LogP contribution in [0.3, 0.4) is 0 Å². The molecule has 0 aliphatic heterocycles. The molecular formula is C56H35NO2. The van der Waals surface area contributed by atoms with Gasteiger partial charge in [-0.1, -0.05) is 146 Å². The number of hydrogen-bond donors (Lipinski definition) is 0. The molecule has 0 N–H and O–H groups in total. The summed E-state index contributed by atoms with van der Waals surface area (Å²) < 4.78 is 12.7. The first-order valence-electron chi connectivity index (χ1n) is 20.1. The molecule has 0 saturated heterocycles. The fraction of sp³-hybridized carbons (Fsp3) is 0. The van der Waals surface area contributed by atoms with Crippen LogP contribution < -0.4 is 4.90 Å². The molecule has 2 aromatic heterocycles. The van der Waals surface area contributed by atoms with Crippen molar-refractivity contribution in [1.82, 2.24) is 0 Å². The Bertz CT molecular complexity index is 3550. The van der Waals surface area contributed by atoms with Crippen molar-refractivity contribution in [3.05, 3.63) is 212 Å². The number of hydrogen-bond acceptors (Lipinski definition) is 3. The van der Waals surface area contributed by atoms with Gasteiger partial charge in [0.1, 0.15) is 22.3 Å². The van der Waals surface area contributed by atoms with Crippen molar-refractivity contribution >= 4 is 82.5 Å². The van der Waals surface area contributed by atoms with E-state index in [0.29, 0.717) is 0 Å². The van der Waals surface area contributed by atoms with Crippen LogP contribution in [-0.4, -0.2) is 0 Å². The highest BCUT2D eigenvalue weighted by Crippen LogP contribution is 2.43. The van der Waals surface area contributed by atoms with Crippen LogP contribution in [0.15, 0.2) is 221 Å². The minimum Gasteiger partial charge on any atom is -0.456 e. The number of benzene rings is 10. The zero-order chi connectivity index (χ0) is 38.9. The van der Waals surface area contributed by atoms with Gasteiger partial charge in [0.05, 0.1) is 0 Å². The van der Waals surface area contributed by atoms with E-state index in [4.69, 9.17) is 8.83 Å². The summed E-state index contributed by atoms with van der Waals surface area (Å²) in [5, 5.41) is 9.30. The Labute approximate surface area is 340 Å². The predicted octanol–water partition coefficient (Wildman–Crippen LogP) is 16.3. The quantitative estimate of drug-likeness (QED) is 0.169. The van der Waals surface area contributed by atoms with Crippen LogP contribution in [0.5, 0.6) is 0 Å². The lowest BCUT2D eigenvalue weighted by Gasteiger charge is -2.26. The maximum Gasteiger partial charge on any atom is 0.143 e. The maximum atomic E-state index is 6.54. The van der Waals surface area contributed by atoms with E-state index in [1.54, 1.807) is 0 Å². The highest BCUT2D eigenvalue weighted by atomic mass is 16.3. The Morgan fingerprint density at radius 1 is 0.288 bits per heavy atom. The number of rotatable bonds is 6. The third kappa shape index (κ3) is 5.51. The van der Waals surface area contributed by atoms with Crippen LogP contribution in [0.2, 0.25) is 0 Å². The average Bonchev–Trinajstić information content (AvgIpc) is 3.88. The van der Waals surface area contributed by atoms with E-state index in [1.807, 2.05) is 12.1 Å². The van der Waals surface area contributed by atoms with Gasteiger partial charge in [0.25, 0.3) is 0 Å². The molecule has 0 amide bonds. The molecule has 0 bridgehead atoms. The molecule has 3 nitrogen and oxygen atoms in total. The molecular weight excluding hydrogens is 719 g/mol. The van der Waals surface area contributed by atoms with E-state index in [-0.39, 0.29) is 0 Å². The normalized spacial score (nSPS) is 11.7. The summed E-state index contributed by atoms with van der Waals surface area (Å²) >= 11 is 0. The topological polar surface area (TPSA) is 29.5 Å². The first kappa shape index (κ1) is 33.3. The van der Waals surface area contributed by atoms with Gasteiger partial charge < -0.3 is 13.7 Å². The SMILES string of the molecule is c1cc(-c2cccc3ccccc23)cc(N(c2ccc(-c3ccc4oc5ccccc5c4c3)cc2)c2ccc(-c3cccc4oc5c6ccccc6ccc5c34)cc2)c1. The van der Waals surface area contributed by atoms with Gasteiger partial charge in [-0.2, -0.15) is 0 Å². The summed E-state index contributed by atoms with van der Waals surface area (Å²) in [5.41, 5.74) is 13.8. The summed E-state index contributed by atoms with van der Waals surface area (Å²) in [6, 6.07) is 75.8. The van der Waals surface area contributed by atoms with E-state index >= 15 is 0 Å². The maximum absolute atomic E-state index is 6.54. The Kier molecular flexibility index (Phi) is 7.54. The number of furan rings is 2. The predicted molar refractivity (Wildman–Crippen MR) is 247 cm³/mol. The molecule has 59 heavy (non-hydrogen) atoms. The number of anilines is 3. The summed E-state index contributed by atoms with van der Waals surface area (Å²) in [4.78, 5) is 2.36. The third-order valence-corrected chi connectivity index (χ3v) is 11.9. The van der Waals surface area contributed by atoms with Crippen molar-refractivity contribution in [2.75, 3.05) is 4.90 Å². The lowest BCUT2D eigenvalue weighted by atomic mass is 9.97. The number of nitrogens with zero attached hydrogens (tertiary/aromatic N) is 1. The van der Waals surface area contributed by atoms with Crippen LogP contribution in [0.1, 0.15) is 0 Å². The van der Waals surface area contributed by atoms with E-state index in [0.717, 1.165) is 88.6 Å². The van der Waals surface area contributed by atoms with Crippen LogP contribution in [0.25, 0.3) is 98.8 Å². The molecule has 0 atom stereocenters. The average molecular weight is 754 g/mol. The van der Waals surface area contributed by atoms with Gasteiger partial charge in [-0.3, -0.25) is 0 Å². The largest absolute Gasteiger partial charge is 0.456 e. The van der Waals surface area contributed by atoms with E-state index in [1.165, 1.54) is 27.3 Å². The van der Waals surface area contributed by atoms with Crippen LogP contribution in [-0.2, 0) is 0 Å². The molecule has 276 valence electrons. The highest BCUT2D eigenvalue weighted by Gasteiger charge is 2.18. The van der Waals surface area contributed by atoms with Crippen LogP contribution in [0, 0.1) is 0 Å². The molecule has 3 heteroatoms. The van der Waals surface area contributed by atoms with Crippen molar-refractivity contribution in [1.29, 1.82) is 0 Å². The zero-order valence-electron chi connectivity index (χ0n) is 32.0. The zero-order valence-corrected chi connectivity index (χ0v) is 32.0. The standard InChI is InChI=1S/C56H35NO2/c1-3-15-45-37(10-1)12-8-18-46(45)41-13-7-14-44(34-41)57(42-28-22-36(23-29-42)40-27-33-53-51(35-40)49-17-5-6-20-52(49)58-53)43-30-24-39(25-31-43)47-19-9-21-54-55(47)50-32-26-38-11-2-4-16-48(38)56(50)59-54/h1-35H. The molecule has 12 aromatic rings. The minimum absolute atomic E-state index is 0.894. The molecule has 0 unspecified atom stereocenters. The molecule has 0 aliphatic rings. The number of para-hydroxylation sites is 1. The van der Waals surface area contributed by atoms with Gasteiger partial charge in [0.15, 0.2) is 0 Å². The summed E-state index contributed by atoms with van der Waals surface area (Å²) in [5.74, 6) is 0. The molecule has 12 rings (SSSR count). The number of fused-ring (bicyclic) bond motifs is 9. The monoisotopic (exact) mass is 753 g/mol. The Balaban J connectivity index is 0.974. The fourth-order valence-electron chi connectivity index (χ4n) is 9.03. The summed E-state index contributed by atoms with van der Waals surface area (Å²) in [7, 11) is 0. The van der Waals surface area contributed by atoms with Crippen molar-refractivity contribution in [2.45, 2.75) is 0 Å². The second-order valence-corrected chi connectivity index (χ2v) is 15.3. The second kappa shape index (κ2) is 13.4. The van der Waals surface area contributed by atoms with Crippen LogP contribution >= 0.6 is 0 Å². The fourth-order valence-corrected chi connectivity index (χ4v) is 9.03. The Hall–Kier alpha value is -7.88. The van der Waals surface area contributed by atoms with Crippen molar-refractivity contribution in [3.8, 4) is 33.4 Å². The van der Waals surface area contributed by atoms with Gasteiger partial charge in [-0.15, -0.1) is 0 Å². The molecule has 0 radical (unpaired) electrons. The van der Waals surface area contributed by atoms with E-state index in [9.17, 15) is 0 Å². The first-order chi connectivity index (χ1) is 29.2. The minimum atomic E-state index is 0.894. The van der Waals surface area contributed by atoms with Crippen molar-refractivity contribution in [3.63, 3.8) is 0 Å². The molecule has 10 aromatic carbocycles. The smallest absolute Gasteiger partial charge is 0.143 e. The summed E-state index contributed by atoms with van der Waals surface area (Å²) in [6.07, 6.45) is 0. The van der Waals surface area contributed by atoms with Gasteiger partial charge in [0.2, 0.25) is 0 Å². The highest BCUT2D eigenvalue weighted by molar-refractivity contribution is 6.19. The van der Waals surface area contributed by atoms with Gasteiger partial charge in [-0.05, 0) is 116 Å². The lowest BCUT2D eigenvalue weighted by molar-refractivity contribution is 0.669.